The molecular formula is C15H28N2O. The van der Waals surface area contributed by atoms with Crippen molar-refractivity contribution >= 4 is 5.91 Å². The van der Waals surface area contributed by atoms with Gasteiger partial charge in [-0.2, -0.15) is 0 Å². The zero-order valence-corrected chi connectivity index (χ0v) is 11.9. The second-order valence-electron chi connectivity index (χ2n) is 6.38. The van der Waals surface area contributed by atoms with Crippen LogP contribution in [0, 0.1) is 11.8 Å². The minimum Gasteiger partial charge on any atom is -0.353 e. The Hall–Kier alpha value is -0.570. The summed E-state index contributed by atoms with van der Waals surface area (Å²) in [4.78, 5) is 12.0. The third kappa shape index (κ3) is 3.98. The smallest absolute Gasteiger partial charge is 0.221 e. The van der Waals surface area contributed by atoms with E-state index in [0.717, 1.165) is 37.6 Å². The Kier molecular flexibility index (Phi) is 5.04. The van der Waals surface area contributed by atoms with Gasteiger partial charge in [-0.1, -0.05) is 20.3 Å². The Morgan fingerprint density at radius 3 is 2.67 bits per heavy atom. The Balaban J connectivity index is 1.70. The average Bonchev–Trinajstić information content (AvgIpc) is 2.35. The Bertz CT molecular complexity index is 274. The lowest BCUT2D eigenvalue weighted by Crippen LogP contribution is -2.43. The van der Waals surface area contributed by atoms with Gasteiger partial charge in [0.2, 0.25) is 5.91 Å². The van der Waals surface area contributed by atoms with Gasteiger partial charge in [0.05, 0.1) is 0 Å². The molecule has 0 aromatic carbocycles. The summed E-state index contributed by atoms with van der Waals surface area (Å²) in [5.41, 5.74) is 0. The van der Waals surface area contributed by atoms with Crippen LogP contribution in [0.4, 0.5) is 0 Å². The summed E-state index contributed by atoms with van der Waals surface area (Å²) in [6.07, 6.45) is 7.93. The highest BCUT2D eigenvalue weighted by Crippen LogP contribution is 2.29. The molecule has 2 N–H and O–H groups in total. The fraction of sp³-hybridized carbons (Fsp3) is 0.933. The number of piperidine rings is 1. The molecule has 1 saturated heterocycles. The first kappa shape index (κ1) is 13.9. The van der Waals surface area contributed by atoms with E-state index in [2.05, 4.69) is 24.5 Å². The number of carbonyl (C=O) groups excluding carboxylic acids is 1. The van der Waals surface area contributed by atoms with Crippen LogP contribution in [-0.4, -0.2) is 24.5 Å². The van der Waals surface area contributed by atoms with E-state index in [1.807, 2.05) is 0 Å². The third-order valence-electron chi connectivity index (χ3n) is 4.81. The number of hydrogen-bond donors (Lipinski definition) is 2. The van der Waals surface area contributed by atoms with Gasteiger partial charge in [-0.05, 0) is 50.5 Å². The van der Waals surface area contributed by atoms with Crippen molar-refractivity contribution in [1.29, 1.82) is 0 Å². The quantitative estimate of drug-likeness (QED) is 0.810. The molecule has 4 atom stereocenters. The lowest BCUT2D eigenvalue weighted by atomic mass is 9.79. The highest BCUT2D eigenvalue weighted by molar-refractivity contribution is 5.76. The molecule has 3 heteroatoms. The standard InChI is InChI=1S/C15H28N2O/c1-11-6-7-14(9-12(11)2)17-15(18)10-13-5-3-4-8-16-13/h11-14,16H,3-10H2,1-2H3,(H,17,18). The van der Waals surface area contributed by atoms with E-state index >= 15 is 0 Å². The van der Waals surface area contributed by atoms with Crippen molar-refractivity contribution in [3.05, 3.63) is 0 Å². The fourth-order valence-corrected chi connectivity index (χ4v) is 3.29. The first-order valence-corrected chi connectivity index (χ1v) is 7.68. The van der Waals surface area contributed by atoms with Crippen molar-refractivity contribution in [3.63, 3.8) is 0 Å². The molecule has 1 saturated carbocycles. The number of nitrogens with one attached hydrogen (secondary N) is 2. The summed E-state index contributed by atoms with van der Waals surface area (Å²) >= 11 is 0. The maximum absolute atomic E-state index is 12.0. The molecule has 1 aliphatic heterocycles. The summed E-state index contributed by atoms with van der Waals surface area (Å²) in [5, 5.41) is 6.68. The van der Waals surface area contributed by atoms with Crippen LogP contribution < -0.4 is 10.6 Å². The van der Waals surface area contributed by atoms with Crippen LogP contribution in [0.3, 0.4) is 0 Å². The van der Waals surface area contributed by atoms with Crippen molar-refractivity contribution in [2.45, 2.75) is 70.9 Å². The first-order chi connectivity index (χ1) is 8.65. The topological polar surface area (TPSA) is 41.1 Å². The normalized spacial score (nSPS) is 37.2. The monoisotopic (exact) mass is 252 g/mol. The minimum atomic E-state index is 0.251. The molecule has 0 aromatic rings. The van der Waals surface area contributed by atoms with Crippen molar-refractivity contribution < 1.29 is 4.79 Å². The zero-order valence-electron chi connectivity index (χ0n) is 11.9. The second-order valence-corrected chi connectivity index (χ2v) is 6.38. The maximum atomic E-state index is 12.0. The summed E-state index contributed by atoms with van der Waals surface area (Å²) in [6, 6.07) is 0.839. The van der Waals surface area contributed by atoms with Gasteiger partial charge in [0, 0.05) is 18.5 Å². The van der Waals surface area contributed by atoms with Gasteiger partial charge in [-0.3, -0.25) is 4.79 Å². The van der Waals surface area contributed by atoms with Crippen LogP contribution in [0.15, 0.2) is 0 Å². The van der Waals surface area contributed by atoms with Gasteiger partial charge in [0.1, 0.15) is 0 Å². The highest BCUT2D eigenvalue weighted by atomic mass is 16.1. The third-order valence-corrected chi connectivity index (χ3v) is 4.81. The van der Waals surface area contributed by atoms with Gasteiger partial charge < -0.3 is 10.6 Å². The Morgan fingerprint density at radius 1 is 1.17 bits per heavy atom. The molecule has 18 heavy (non-hydrogen) atoms. The van der Waals surface area contributed by atoms with Gasteiger partial charge >= 0.3 is 0 Å². The lowest BCUT2D eigenvalue weighted by Gasteiger charge is -2.33. The van der Waals surface area contributed by atoms with Crippen LogP contribution in [0.25, 0.3) is 0 Å². The fourth-order valence-electron chi connectivity index (χ4n) is 3.29. The van der Waals surface area contributed by atoms with Crippen LogP contribution in [0.1, 0.15) is 58.8 Å². The number of carbonyl (C=O) groups is 1. The molecule has 0 bridgehead atoms. The van der Waals surface area contributed by atoms with Gasteiger partial charge in [-0.25, -0.2) is 0 Å². The van der Waals surface area contributed by atoms with E-state index in [1.165, 1.54) is 19.3 Å². The molecule has 0 spiro atoms. The minimum absolute atomic E-state index is 0.251. The number of hydrogen-bond acceptors (Lipinski definition) is 2. The SMILES string of the molecule is CC1CCC(NC(=O)CC2CCCCN2)CC1C. The van der Waals surface area contributed by atoms with Crippen LogP contribution in [-0.2, 0) is 4.79 Å². The van der Waals surface area contributed by atoms with Crippen molar-refractivity contribution in [2.24, 2.45) is 11.8 Å². The molecule has 1 heterocycles. The lowest BCUT2D eigenvalue weighted by molar-refractivity contribution is -0.122. The van der Waals surface area contributed by atoms with Gasteiger partial charge in [-0.15, -0.1) is 0 Å². The number of amides is 1. The molecule has 3 nitrogen and oxygen atoms in total. The van der Waals surface area contributed by atoms with E-state index in [0.29, 0.717) is 18.5 Å². The van der Waals surface area contributed by atoms with E-state index in [9.17, 15) is 4.79 Å². The van der Waals surface area contributed by atoms with Crippen LogP contribution >= 0.6 is 0 Å². The predicted molar refractivity (Wildman–Crippen MR) is 74.4 cm³/mol. The van der Waals surface area contributed by atoms with Gasteiger partial charge in [0.25, 0.3) is 0 Å². The largest absolute Gasteiger partial charge is 0.353 e. The second kappa shape index (κ2) is 6.55. The average molecular weight is 252 g/mol. The predicted octanol–water partition coefficient (Wildman–Crippen LogP) is 2.46. The van der Waals surface area contributed by atoms with Crippen molar-refractivity contribution in [3.8, 4) is 0 Å². The highest BCUT2D eigenvalue weighted by Gasteiger charge is 2.26. The van der Waals surface area contributed by atoms with Crippen LogP contribution in [0.2, 0.25) is 0 Å². The van der Waals surface area contributed by atoms with Crippen molar-refractivity contribution in [2.75, 3.05) is 6.54 Å². The summed E-state index contributed by atoms with van der Waals surface area (Å²) in [6.45, 7) is 5.72. The molecule has 0 aromatic heterocycles. The summed E-state index contributed by atoms with van der Waals surface area (Å²) in [7, 11) is 0. The van der Waals surface area contributed by atoms with Gasteiger partial charge in [0.15, 0.2) is 0 Å². The molecule has 1 amide bonds. The molecule has 2 rings (SSSR count). The molecule has 2 aliphatic rings. The van der Waals surface area contributed by atoms with E-state index in [1.54, 1.807) is 0 Å². The molecule has 1 aliphatic carbocycles. The molecular weight excluding hydrogens is 224 g/mol. The Labute approximate surface area is 111 Å². The summed E-state index contributed by atoms with van der Waals surface area (Å²) < 4.78 is 0. The summed E-state index contributed by atoms with van der Waals surface area (Å²) in [5.74, 6) is 1.82. The Morgan fingerprint density at radius 2 is 2.00 bits per heavy atom. The first-order valence-electron chi connectivity index (χ1n) is 7.68. The molecule has 104 valence electrons. The molecule has 0 radical (unpaired) electrons. The van der Waals surface area contributed by atoms with E-state index < -0.39 is 0 Å². The number of rotatable bonds is 3. The van der Waals surface area contributed by atoms with Crippen LogP contribution in [0.5, 0.6) is 0 Å². The van der Waals surface area contributed by atoms with E-state index in [-0.39, 0.29) is 5.91 Å². The van der Waals surface area contributed by atoms with Crippen molar-refractivity contribution in [1.82, 2.24) is 10.6 Å². The van der Waals surface area contributed by atoms with E-state index in [4.69, 9.17) is 0 Å². The molecule has 2 fully saturated rings. The molecule has 4 unspecified atom stereocenters. The maximum Gasteiger partial charge on any atom is 0.221 e. The zero-order chi connectivity index (χ0) is 13.0.